The molecule has 1 aromatic carbocycles. The van der Waals surface area contributed by atoms with Crippen molar-refractivity contribution in [3.63, 3.8) is 0 Å². The molecule has 0 aliphatic heterocycles. The van der Waals surface area contributed by atoms with Gasteiger partial charge in [-0.1, -0.05) is 58.0 Å². The standard InChI is InChI=1S/C20H31N3O3/c1-5-23(13-17(24)25)16-11-15(12-16)21-19(26)22-18(20(2,3)4)14-9-7-6-8-10-14/h6-10,15-16,18H,5,11-13H2,1-4H3,(H,24,25)(H2,21,22,26). The number of nitrogens with one attached hydrogen (secondary N) is 2. The molecule has 1 saturated carbocycles. The molecule has 0 saturated heterocycles. The van der Waals surface area contributed by atoms with Crippen LogP contribution in [-0.2, 0) is 4.79 Å². The fourth-order valence-corrected chi connectivity index (χ4v) is 3.48. The van der Waals surface area contributed by atoms with Crippen LogP contribution < -0.4 is 10.6 Å². The molecule has 1 atom stereocenters. The van der Waals surface area contributed by atoms with Crippen molar-refractivity contribution in [3.8, 4) is 0 Å². The van der Waals surface area contributed by atoms with E-state index in [1.807, 2.05) is 42.2 Å². The maximum absolute atomic E-state index is 12.5. The third kappa shape index (κ3) is 5.46. The van der Waals surface area contributed by atoms with Gasteiger partial charge in [0.15, 0.2) is 0 Å². The first-order chi connectivity index (χ1) is 12.2. The summed E-state index contributed by atoms with van der Waals surface area (Å²) in [6.45, 7) is 9.04. The monoisotopic (exact) mass is 361 g/mol. The quantitative estimate of drug-likeness (QED) is 0.697. The Balaban J connectivity index is 1.87. The van der Waals surface area contributed by atoms with E-state index in [1.165, 1.54) is 0 Å². The average molecular weight is 361 g/mol. The second-order valence-electron chi connectivity index (χ2n) is 8.11. The number of carboxylic acid groups (broad SMARTS) is 1. The van der Waals surface area contributed by atoms with Crippen LogP contribution in [0.5, 0.6) is 0 Å². The Morgan fingerprint density at radius 3 is 2.35 bits per heavy atom. The Morgan fingerprint density at radius 1 is 1.23 bits per heavy atom. The number of rotatable bonds is 7. The molecule has 2 amide bonds. The fraction of sp³-hybridized carbons (Fsp3) is 0.600. The van der Waals surface area contributed by atoms with Crippen molar-refractivity contribution < 1.29 is 14.7 Å². The van der Waals surface area contributed by atoms with Gasteiger partial charge in [-0.15, -0.1) is 0 Å². The average Bonchev–Trinajstić information content (AvgIpc) is 2.53. The van der Waals surface area contributed by atoms with Gasteiger partial charge >= 0.3 is 12.0 Å². The molecular formula is C20H31N3O3. The van der Waals surface area contributed by atoms with Gasteiger partial charge in [-0.25, -0.2) is 4.79 Å². The summed E-state index contributed by atoms with van der Waals surface area (Å²) >= 11 is 0. The number of hydrogen-bond donors (Lipinski definition) is 3. The van der Waals surface area contributed by atoms with E-state index in [2.05, 4.69) is 31.4 Å². The van der Waals surface area contributed by atoms with Gasteiger partial charge in [0, 0.05) is 12.1 Å². The van der Waals surface area contributed by atoms with Crippen molar-refractivity contribution in [1.82, 2.24) is 15.5 Å². The van der Waals surface area contributed by atoms with Crippen LogP contribution in [0.25, 0.3) is 0 Å². The number of nitrogens with zero attached hydrogens (tertiary/aromatic N) is 1. The van der Waals surface area contributed by atoms with Gasteiger partial charge in [0.25, 0.3) is 0 Å². The molecule has 6 nitrogen and oxygen atoms in total. The summed E-state index contributed by atoms with van der Waals surface area (Å²) in [7, 11) is 0. The number of likely N-dealkylation sites (N-methyl/N-ethyl adjacent to an activating group) is 1. The molecule has 26 heavy (non-hydrogen) atoms. The molecule has 144 valence electrons. The Bertz CT molecular complexity index is 606. The summed E-state index contributed by atoms with van der Waals surface area (Å²) in [4.78, 5) is 25.3. The molecule has 1 aliphatic carbocycles. The summed E-state index contributed by atoms with van der Waals surface area (Å²) in [6.07, 6.45) is 1.58. The van der Waals surface area contributed by atoms with Gasteiger partial charge in [0.2, 0.25) is 0 Å². The second-order valence-corrected chi connectivity index (χ2v) is 8.11. The van der Waals surface area contributed by atoms with E-state index in [1.54, 1.807) is 0 Å². The smallest absolute Gasteiger partial charge is 0.317 e. The first-order valence-electron chi connectivity index (χ1n) is 9.28. The summed E-state index contributed by atoms with van der Waals surface area (Å²) in [5, 5.41) is 15.1. The van der Waals surface area contributed by atoms with Crippen LogP contribution in [-0.4, -0.2) is 47.2 Å². The first-order valence-corrected chi connectivity index (χ1v) is 9.28. The summed E-state index contributed by atoms with van der Waals surface area (Å²) in [6, 6.07) is 10.1. The summed E-state index contributed by atoms with van der Waals surface area (Å²) < 4.78 is 0. The van der Waals surface area contributed by atoms with Gasteiger partial charge in [-0.05, 0) is 30.4 Å². The van der Waals surface area contributed by atoms with Crippen molar-refractivity contribution in [2.45, 2.75) is 58.7 Å². The third-order valence-corrected chi connectivity index (χ3v) is 4.98. The van der Waals surface area contributed by atoms with Gasteiger partial charge in [-0.2, -0.15) is 0 Å². The Labute approximate surface area is 156 Å². The zero-order valence-corrected chi connectivity index (χ0v) is 16.2. The lowest BCUT2D eigenvalue weighted by Gasteiger charge is -2.42. The Hall–Kier alpha value is -2.08. The number of urea groups is 1. The Kier molecular flexibility index (Phi) is 6.64. The normalized spacial score (nSPS) is 21.0. The van der Waals surface area contributed by atoms with Gasteiger partial charge in [0.05, 0.1) is 12.6 Å². The molecule has 0 bridgehead atoms. The maximum Gasteiger partial charge on any atom is 0.317 e. The minimum atomic E-state index is -0.808. The predicted octanol–water partition coefficient (Wildman–Crippen LogP) is 3.01. The van der Waals surface area contributed by atoms with E-state index in [9.17, 15) is 9.59 Å². The van der Waals surface area contributed by atoms with Crippen LogP contribution in [0.3, 0.4) is 0 Å². The molecule has 0 radical (unpaired) electrons. The molecule has 2 rings (SSSR count). The molecule has 6 heteroatoms. The fourth-order valence-electron chi connectivity index (χ4n) is 3.48. The largest absolute Gasteiger partial charge is 0.480 e. The molecule has 1 aliphatic rings. The minimum Gasteiger partial charge on any atom is -0.480 e. The number of carboxylic acids is 1. The number of amides is 2. The number of carbonyl (C=O) groups is 2. The lowest BCUT2D eigenvalue weighted by atomic mass is 9.82. The molecule has 1 aromatic rings. The van der Waals surface area contributed by atoms with Crippen LogP contribution >= 0.6 is 0 Å². The SMILES string of the molecule is CCN(CC(=O)O)C1CC(NC(=O)NC(c2ccccc2)C(C)(C)C)C1. The van der Waals surface area contributed by atoms with E-state index in [0.29, 0.717) is 6.54 Å². The van der Waals surface area contributed by atoms with Crippen LogP contribution in [0.2, 0.25) is 0 Å². The Morgan fingerprint density at radius 2 is 1.85 bits per heavy atom. The highest BCUT2D eigenvalue weighted by molar-refractivity contribution is 5.75. The summed E-state index contributed by atoms with van der Waals surface area (Å²) in [5.74, 6) is -0.808. The predicted molar refractivity (Wildman–Crippen MR) is 102 cm³/mol. The molecule has 1 unspecified atom stereocenters. The first kappa shape index (κ1) is 20.2. The van der Waals surface area contributed by atoms with Gasteiger partial charge in [0.1, 0.15) is 0 Å². The lowest BCUT2D eigenvalue weighted by Crippen LogP contribution is -2.57. The zero-order valence-electron chi connectivity index (χ0n) is 16.2. The molecule has 0 aromatic heterocycles. The molecule has 1 fully saturated rings. The highest BCUT2D eigenvalue weighted by Gasteiger charge is 2.35. The number of benzene rings is 1. The van der Waals surface area contributed by atoms with E-state index >= 15 is 0 Å². The number of carbonyl (C=O) groups excluding carboxylic acids is 1. The van der Waals surface area contributed by atoms with Gasteiger partial charge in [-0.3, -0.25) is 9.69 Å². The minimum absolute atomic E-state index is 0.0557. The topological polar surface area (TPSA) is 81.7 Å². The number of hydrogen-bond acceptors (Lipinski definition) is 3. The van der Waals surface area contributed by atoms with Crippen molar-refractivity contribution in [1.29, 1.82) is 0 Å². The van der Waals surface area contributed by atoms with Crippen molar-refractivity contribution in [2.75, 3.05) is 13.1 Å². The van der Waals surface area contributed by atoms with Crippen LogP contribution in [0.1, 0.15) is 52.1 Å². The van der Waals surface area contributed by atoms with Crippen molar-refractivity contribution in [3.05, 3.63) is 35.9 Å². The van der Waals surface area contributed by atoms with Crippen LogP contribution in [0, 0.1) is 5.41 Å². The highest BCUT2D eigenvalue weighted by atomic mass is 16.4. The molecule has 3 N–H and O–H groups in total. The highest BCUT2D eigenvalue weighted by Crippen LogP contribution is 2.32. The molecular weight excluding hydrogens is 330 g/mol. The molecule has 0 spiro atoms. The van der Waals surface area contributed by atoms with E-state index < -0.39 is 5.97 Å². The number of aliphatic carboxylic acids is 1. The zero-order chi connectivity index (χ0) is 19.3. The second kappa shape index (κ2) is 8.54. The van der Waals surface area contributed by atoms with E-state index in [0.717, 1.165) is 18.4 Å². The van der Waals surface area contributed by atoms with Gasteiger partial charge < -0.3 is 15.7 Å². The van der Waals surface area contributed by atoms with E-state index in [4.69, 9.17) is 5.11 Å². The van der Waals surface area contributed by atoms with Crippen molar-refractivity contribution in [2.24, 2.45) is 5.41 Å². The maximum atomic E-state index is 12.5. The molecule has 0 heterocycles. The lowest BCUT2D eigenvalue weighted by molar-refractivity contribution is -0.139. The van der Waals surface area contributed by atoms with Crippen LogP contribution in [0.15, 0.2) is 30.3 Å². The third-order valence-electron chi connectivity index (χ3n) is 4.98. The van der Waals surface area contributed by atoms with E-state index in [-0.39, 0.29) is 36.1 Å². The van der Waals surface area contributed by atoms with Crippen LogP contribution in [0.4, 0.5) is 4.79 Å². The van der Waals surface area contributed by atoms with Crippen molar-refractivity contribution >= 4 is 12.0 Å². The summed E-state index contributed by atoms with van der Waals surface area (Å²) in [5.41, 5.74) is 0.974.